The van der Waals surface area contributed by atoms with Crippen LogP contribution in [-0.2, 0) is 24.4 Å². The summed E-state index contributed by atoms with van der Waals surface area (Å²) in [6.07, 6.45) is 2.57. The number of halogens is 3. The van der Waals surface area contributed by atoms with Crippen molar-refractivity contribution in [2.75, 3.05) is 6.54 Å². The molecule has 122 valence electrons. The van der Waals surface area contributed by atoms with Gasteiger partial charge in [-0.2, -0.15) is 18.3 Å². The predicted octanol–water partition coefficient (Wildman–Crippen LogP) is 2.81. The molecule has 0 saturated heterocycles. The van der Waals surface area contributed by atoms with Gasteiger partial charge in [0.05, 0.1) is 11.8 Å². The molecule has 2 aromatic rings. The van der Waals surface area contributed by atoms with Gasteiger partial charge in [-0.25, -0.2) is 0 Å². The topological polar surface area (TPSA) is 46.9 Å². The molecule has 23 heavy (non-hydrogen) atoms. The molecule has 0 unspecified atom stereocenters. The van der Waals surface area contributed by atoms with Gasteiger partial charge >= 0.3 is 6.18 Å². The van der Waals surface area contributed by atoms with Crippen molar-refractivity contribution in [3.8, 4) is 0 Å². The Morgan fingerprint density at radius 3 is 2.57 bits per heavy atom. The van der Waals surface area contributed by atoms with Gasteiger partial charge < -0.3 is 5.32 Å². The summed E-state index contributed by atoms with van der Waals surface area (Å²) in [5, 5.41) is 6.65. The van der Waals surface area contributed by atoms with E-state index in [0.29, 0.717) is 13.0 Å². The number of alkyl halides is 3. The Balaban J connectivity index is 1.78. The van der Waals surface area contributed by atoms with Crippen molar-refractivity contribution in [2.45, 2.75) is 12.6 Å². The van der Waals surface area contributed by atoms with Gasteiger partial charge in [-0.1, -0.05) is 12.1 Å². The molecule has 0 bridgehead atoms. The monoisotopic (exact) mass is 323 g/mol. The fourth-order valence-corrected chi connectivity index (χ4v) is 1.95. The van der Waals surface area contributed by atoms with Crippen molar-refractivity contribution < 1.29 is 18.0 Å². The lowest BCUT2D eigenvalue weighted by atomic mass is 10.1. The van der Waals surface area contributed by atoms with Crippen LogP contribution in [0.1, 0.15) is 16.7 Å². The lowest BCUT2D eigenvalue weighted by Crippen LogP contribution is -2.23. The van der Waals surface area contributed by atoms with Crippen LogP contribution in [0.5, 0.6) is 0 Å². The predicted molar refractivity (Wildman–Crippen MR) is 80.4 cm³/mol. The number of hydrogen-bond acceptors (Lipinski definition) is 2. The van der Waals surface area contributed by atoms with E-state index in [1.807, 2.05) is 0 Å². The van der Waals surface area contributed by atoms with E-state index in [1.165, 1.54) is 18.2 Å². The van der Waals surface area contributed by atoms with E-state index >= 15 is 0 Å². The van der Waals surface area contributed by atoms with Crippen LogP contribution in [0.2, 0.25) is 0 Å². The SMILES string of the molecule is Cn1cc(/C=C\C(=O)NCCc2ccc(C(F)(F)F)cc2)cn1. The number of aromatic nitrogens is 2. The largest absolute Gasteiger partial charge is 0.416 e. The summed E-state index contributed by atoms with van der Waals surface area (Å²) in [5.74, 6) is -0.263. The normalized spacial score (nSPS) is 11.8. The molecule has 7 heteroatoms. The van der Waals surface area contributed by atoms with Crippen LogP contribution in [-0.4, -0.2) is 22.2 Å². The van der Waals surface area contributed by atoms with Gasteiger partial charge in [-0.3, -0.25) is 9.48 Å². The van der Waals surface area contributed by atoms with Gasteiger partial charge in [-0.05, 0) is 30.2 Å². The first-order chi connectivity index (χ1) is 10.8. The first-order valence-corrected chi connectivity index (χ1v) is 6.95. The minimum absolute atomic E-state index is 0.263. The molecule has 0 aliphatic rings. The number of carbonyl (C=O) groups excluding carboxylic acids is 1. The van der Waals surface area contributed by atoms with E-state index in [-0.39, 0.29) is 5.91 Å². The Morgan fingerprint density at radius 1 is 1.30 bits per heavy atom. The average Bonchev–Trinajstić information content (AvgIpc) is 2.90. The molecule has 0 saturated carbocycles. The van der Waals surface area contributed by atoms with Crippen LogP contribution >= 0.6 is 0 Å². The summed E-state index contributed by atoms with van der Waals surface area (Å²) in [6.45, 7) is 0.349. The molecule has 0 aliphatic heterocycles. The molecule has 1 aromatic heterocycles. The Kier molecular flexibility index (Phi) is 5.20. The molecular weight excluding hydrogens is 307 g/mol. The van der Waals surface area contributed by atoms with Crippen LogP contribution in [0, 0.1) is 0 Å². The third-order valence-corrected chi connectivity index (χ3v) is 3.15. The average molecular weight is 323 g/mol. The maximum Gasteiger partial charge on any atom is 0.416 e. The zero-order valence-electron chi connectivity index (χ0n) is 12.5. The second-order valence-electron chi connectivity index (χ2n) is 5.02. The minimum Gasteiger partial charge on any atom is -0.352 e. The van der Waals surface area contributed by atoms with E-state index in [1.54, 1.807) is 30.2 Å². The number of nitrogens with one attached hydrogen (secondary N) is 1. The molecule has 1 heterocycles. The zero-order valence-corrected chi connectivity index (χ0v) is 12.5. The lowest BCUT2D eigenvalue weighted by Gasteiger charge is -2.07. The molecule has 1 aromatic carbocycles. The molecule has 2 rings (SSSR count). The molecule has 1 amide bonds. The van der Waals surface area contributed by atoms with Gasteiger partial charge in [0, 0.05) is 31.4 Å². The van der Waals surface area contributed by atoms with Gasteiger partial charge in [0.1, 0.15) is 0 Å². The molecule has 0 fully saturated rings. The maximum atomic E-state index is 12.4. The van der Waals surface area contributed by atoms with Crippen molar-refractivity contribution in [1.82, 2.24) is 15.1 Å². The van der Waals surface area contributed by atoms with Crippen LogP contribution in [0.25, 0.3) is 6.08 Å². The summed E-state index contributed by atoms with van der Waals surface area (Å²) >= 11 is 0. The third kappa shape index (κ3) is 5.28. The van der Waals surface area contributed by atoms with Gasteiger partial charge in [-0.15, -0.1) is 0 Å². The highest BCUT2D eigenvalue weighted by molar-refractivity contribution is 5.91. The number of amides is 1. The fraction of sp³-hybridized carbons (Fsp3) is 0.250. The van der Waals surface area contributed by atoms with Gasteiger partial charge in [0.15, 0.2) is 0 Å². The quantitative estimate of drug-likeness (QED) is 0.860. The number of nitrogens with zero attached hydrogens (tertiary/aromatic N) is 2. The third-order valence-electron chi connectivity index (χ3n) is 3.15. The second kappa shape index (κ2) is 7.13. The number of aryl methyl sites for hydroxylation is 1. The number of rotatable bonds is 5. The molecule has 4 nitrogen and oxygen atoms in total. The van der Waals surface area contributed by atoms with E-state index in [0.717, 1.165) is 23.3 Å². The standard InChI is InChI=1S/C16H16F3N3O/c1-22-11-13(10-21-22)4-7-15(23)20-9-8-12-2-5-14(6-3-12)16(17,18)19/h2-7,10-11H,8-9H2,1H3,(H,20,23)/b7-4-. The molecular formula is C16H16F3N3O. The number of hydrogen-bond donors (Lipinski definition) is 1. The number of carbonyl (C=O) groups is 1. The van der Waals surface area contributed by atoms with E-state index in [4.69, 9.17) is 0 Å². The summed E-state index contributed by atoms with van der Waals surface area (Å²) < 4.78 is 38.9. The Bertz CT molecular complexity index is 687. The summed E-state index contributed by atoms with van der Waals surface area (Å²) in [5.41, 5.74) is 0.865. The van der Waals surface area contributed by atoms with Gasteiger partial charge in [0.2, 0.25) is 5.91 Å². The van der Waals surface area contributed by atoms with Crippen LogP contribution < -0.4 is 5.32 Å². The summed E-state index contributed by atoms with van der Waals surface area (Å²) in [6, 6.07) is 4.92. The molecule has 0 atom stereocenters. The highest BCUT2D eigenvalue weighted by Gasteiger charge is 2.29. The molecule has 0 radical (unpaired) electrons. The van der Waals surface area contributed by atoms with E-state index in [2.05, 4.69) is 10.4 Å². The maximum absolute atomic E-state index is 12.4. The Labute approximate surface area is 131 Å². The first kappa shape index (κ1) is 16.8. The summed E-state index contributed by atoms with van der Waals surface area (Å²) in [4.78, 5) is 11.6. The Hall–Kier alpha value is -2.57. The van der Waals surface area contributed by atoms with Crippen molar-refractivity contribution >= 4 is 12.0 Å². The van der Waals surface area contributed by atoms with E-state index in [9.17, 15) is 18.0 Å². The van der Waals surface area contributed by atoms with Crippen molar-refractivity contribution in [2.24, 2.45) is 7.05 Å². The molecule has 0 aliphatic carbocycles. The van der Waals surface area contributed by atoms with Crippen LogP contribution in [0.3, 0.4) is 0 Å². The Morgan fingerprint density at radius 2 is 2.00 bits per heavy atom. The fourth-order valence-electron chi connectivity index (χ4n) is 1.95. The molecule has 0 spiro atoms. The van der Waals surface area contributed by atoms with Gasteiger partial charge in [0.25, 0.3) is 0 Å². The van der Waals surface area contributed by atoms with Crippen molar-refractivity contribution in [3.63, 3.8) is 0 Å². The highest BCUT2D eigenvalue weighted by Crippen LogP contribution is 2.29. The van der Waals surface area contributed by atoms with Crippen LogP contribution in [0.15, 0.2) is 42.7 Å². The minimum atomic E-state index is -4.33. The smallest absolute Gasteiger partial charge is 0.352 e. The zero-order chi connectivity index (χ0) is 16.9. The van der Waals surface area contributed by atoms with Crippen molar-refractivity contribution in [1.29, 1.82) is 0 Å². The lowest BCUT2D eigenvalue weighted by molar-refractivity contribution is -0.137. The van der Waals surface area contributed by atoms with Crippen molar-refractivity contribution in [3.05, 3.63) is 59.4 Å². The first-order valence-electron chi connectivity index (χ1n) is 6.95. The van der Waals surface area contributed by atoms with E-state index < -0.39 is 11.7 Å². The summed E-state index contributed by atoms with van der Waals surface area (Å²) in [7, 11) is 1.78. The highest BCUT2D eigenvalue weighted by atomic mass is 19.4. The number of benzene rings is 1. The molecule has 1 N–H and O–H groups in total. The van der Waals surface area contributed by atoms with Crippen LogP contribution in [0.4, 0.5) is 13.2 Å². The second-order valence-corrected chi connectivity index (χ2v) is 5.02.